The lowest BCUT2D eigenvalue weighted by atomic mass is 10.1. The van der Waals surface area contributed by atoms with Crippen LogP contribution in [-0.2, 0) is 4.79 Å². The van der Waals surface area contributed by atoms with E-state index in [-0.39, 0.29) is 11.3 Å². The monoisotopic (exact) mass is 298 g/mol. The predicted molar refractivity (Wildman–Crippen MR) is 73.4 cm³/mol. The summed E-state index contributed by atoms with van der Waals surface area (Å²) in [5, 5.41) is 13.0. The number of carbonyl (C=O) groups is 2. The summed E-state index contributed by atoms with van der Waals surface area (Å²) in [5.74, 6) is 0.689. The molecule has 0 radical (unpaired) electrons. The Hall–Kier alpha value is -1.57. The van der Waals surface area contributed by atoms with Gasteiger partial charge in [-0.05, 0) is 33.6 Å². The third kappa shape index (κ3) is 4.84. The maximum Gasteiger partial charge on any atom is 0.321 e. The van der Waals surface area contributed by atoms with Crippen LogP contribution in [0.3, 0.4) is 0 Å². The Morgan fingerprint density at radius 3 is 2.65 bits per heavy atom. The molecule has 0 aromatic carbocycles. The lowest BCUT2D eigenvalue weighted by Gasteiger charge is -2.20. The summed E-state index contributed by atoms with van der Waals surface area (Å²) in [6.07, 6.45) is 2.17. The van der Waals surface area contributed by atoms with Crippen molar-refractivity contribution in [1.29, 1.82) is 0 Å². The number of hydrogen-bond acceptors (Lipinski definition) is 6. The zero-order valence-electron chi connectivity index (χ0n) is 11.7. The number of urea groups is 1. The average Bonchev–Trinajstić information content (AvgIpc) is 3.04. The van der Waals surface area contributed by atoms with E-state index in [4.69, 9.17) is 4.42 Å². The molecule has 1 heterocycles. The van der Waals surface area contributed by atoms with Crippen LogP contribution in [0.25, 0.3) is 0 Å². The van der Waals surface area contributed by atoms with Gasteiger partial charge in [-0.3, -0.25) is 10.1 Å². The first-order valence-corrected chi connectivity index (χ1v) is 7.40. The molecule has 20 heavy (non-hydrogen) atoms. The van der Waals surface area contributed by atoms with Crippen molar-refractivity contribution >= 4 is 23.7 Å². The van der Waals surface area contributed by atoms with Crippen LogP contribution in [-0.4, -0.2) is 33.4 Å². The van der Waals surface area contributed by atoms with E-state index in [0.717, 1.165) is 24.6 Å². The van der Waals surface area contributed by atoms with Crippen molar-refractivity contribution in [2.24, 2.45) is 0 Å². The third-order valence-electron chi connectivity index (χ3n) is 2.42. The maximum absolute atomic E-state index is 11.6. The number of nitrogens with one attached hydrogen (secondary N) is 2. The Balaban J connectivity index is 1.72. The summed E-state index contributed by atoms with van der Waals surface area (Å²) in [6, 6.07) is -0.507. The van der Waals surface area contributed by atoms with Crippen LogP contribution in [0, 0.1) is 0 Å². The average molecular weight is 298 g/mol. The van der Waals surface area contributed by atoms with E-state index >= 15 is 0 Å². The van der Waals surface area contributed by atoms with E-state index in [1.165, 1.54) is 0 Å². The van der Waals surface area contributed by atoms with Gasteiger partial charge in [0.2, 0.25) is 11.8 Å². The molecule has 7 nitrogen and oxygen atoms in total. The molecule has 0 bridgehead atoms. The number of thioether (sulfide) groups is 1. The highest BCUT2D eigenvalue weighted by Gasteiger charge is 2.29. The number of imide groups is 1. The van der Waals surface area contributed by atoms with Crippen molar-refractivity contribution in [3.63, 3.8) is 0 Å². The number of hydrogen-bond donors (Lipinski definition) is 2. The fourth-order valence-corrected chi connectivity index (χ4v) is 2.01. The molecule has 0 saturated heterocycles. The molecule has 1 aliphatic rings. The van der Waals surface area contributed by atoms with Crippen LogP contribution >= 0.6 is 11.8 Å². The highest BCUT2D eigenvalue weighted by molar-refractivity contribution is 7.99. The van der Waals surface area contributed by atoms with Crippen LogP contribution in [0.1, 0.15) is 45.4 Å². The minimum absolute atomic E-state index is 0.0594. The van der Waals surface area contributed by atoms with Crippen molar-refractivity contribution in [2.45, 2.75) is 50.3 Å². The maximum atomic E-state index is 11.6. The van der Waals surface area contributed by atoms with Gasteiger partial charge in [0.15, 0.2) is 0 Å². The zero-order valence-corrected chi connectivity index (χ0v) is 12.5. The van der Waals surface area contributed by atoms with Crippen LogP contribution in [0.4, 0.5) is 4.79 Å². The van der Waals surface area contributed by atoms with Gasteiger partial charge in [-0.15, -0.1) is 10.2 Å². The Bertz CT molecular complexity index is 505. The molecule has 1 aliphatic carbocycles. The van der Waals surface area contributed by atoms with E-state index in [2.05, 4.69) is 20.8 Å². The van der Waals surface area contributed by atoms with Gasteiger partial charge in [-0.1, -0.05) is 11.8 Å². The molecule has 0 atom stereocenters. The van der Waals surface area contributed by atoms with Crippen molar-refractivity contribution in [3.05, 3.63) is 5.89 Å². The van der Waals surface area contributed by atoms with Crippen LogP contribution < -0.4 is 10.6 Å². The van der Waals surface area contributed by atoms with Gasteiger partial charge in [-0.2, -0.15) is 0 Å². The number of nitrogens with zero attached hydrogens (tertiary/aromatic N) is 2. The molecule has 8 heteroatoms. The Morgan fingerprint density at radius 2 is 2.05 bits per heavy atom. The van der Waals surface area contributed by atoms with Gasteiger partial charge < -0.3 is 9.73 Å². The number of aromatic nitrogens is 2. The number of carbonyl (C=O) groups excluding carboxylic acids is 2. The molecule has 0 aliphatic heterocycles. The standard InChI is InChI=1S/C12H18N4O3S/c1-12(2,3)14-10(18)13-8(17)6-20-11-16-15-9(19-11)7-4-5-7/h7H,4-6H2,1-3H3,(H2,13,14,17,18). The largest absolute Gasteiger partial charge is 0.416 e. The summed E-state index contributed by atoms with van der Waals surface area (Å²) >= 11 is 1.12. The molecule has 0 unspecified atom stereocenters. The molecule has 110 valence electrons. The van der Waals surface area contributed by atoms with E-state index in [1.807, 2.05) is 20.8 Å². The second-order valence-corrected chi connectivity index (χ2v) is 6.65. The first-order chi connectivity index (χ1) is 9.33. The van der Waals surface area contributed by atoms with Crippen molar-refractivity contribution < 1.29 is 14.0 Å². The van der Waals surface area contributed by atoms with Crippen molar-refractivity contribution in [2.75, 3.05) is 5.75 Å². The van der Waals surface area contributed by atoms with Gasteiger partial charge in [0.25, 0.3) is 5.22 Å². The minimum atomic E-state index is -0.507. The second-order valence-electron chi connectivity index (χ2n) is 5.72. The van der Waals surface area contributed by atoms with E-state index < -0.39 is 11.9 Å². The van der Waals surface area contributed by atoms with Crippen LogP contribution in [0.15, 0.2) is 9.64 Å². The topological polar surface area (TPSA) is 97.1 Å². The lowest BCUT2D eigenvalue weighted by molar-refractivity contribution is -0.117. The normalized spacial score (nSPS) is 14.9. The van der Waals surface area contributed by atoms with Crippen LogP contribution in [0.5, 0.6) is 0 Å². The van der Waals surface area contributed by atoms with Crippen molar-refractivity contribution in [3.8, 4) is 0 Å². The first kappa shape index (κ1) is 14.8. The number of rotatable bonds is 4. The molecule has 2 N–H and O–H groups in total. The highest BCUT2D eigenvalue weighted by atomic mass is 32.2. The van der Waals surface area contributed by atoms with E-state index in [9.17, 15) is 9.59 Å². The molecule has 3 amide bonds. The lowest BCUT2D eigenvalue weighted by Crippen LogP contribution is -2.48. The Kier molecular flexibility index (Phi) is 4.32. The Labute approximate surface area is 121 Å². The van der Waals surface area contributed by atoms with Gasteiger partial charge in [0.1, 0.15) is 0 Å². The van der Waals surface area contributed by atoms with E-state index in [0.29, 0.717) is 17.0 Å². The third-order valence-corrected chi connectivity index (χ3v) is 3.24. The highest BCUT2D eigenvalue weighted by Crippen LogP contribution is 2.39. The Morgan fingerprint density at radius 1 is 1.35 bits per heavy atom. The molecule has 1 aromatic heterocycles. The second kappa shape index (κ2) is 5.82. The summed E-state index contributed by atoms with van der Waals surface area (Å²) in [4.78, 5) is 23.1. The SMILES string of the molecule is CC(C)(C)NC(=O)NC(=O)CSc1nnc(C2CC2)o1. The van der Waals surface area contributed by atoms with E-state index in [1.54, 1.807) is 0 Å². The molecule has 1 aromatic rings. The predicted octanol–water partition coefficient (Wildman–Crippen LogP) is 1.66. The van der Waals surface area contributed by atoms with Gasteiger partial charge in [-0.25, -0.2) is 4.79 Å². The first-order valence-electron chi connectivity index (χ1n) is 6.42. The minimum Gasteiger partial charge on any atom is -0.416 e. The van der Waals surface area contributed by atoms with Gasteiger partial charge in [0.05, 0.1) is 5.75 Å². The molecule has 1 saturated carbocycles. The van der Waals surface area contributed by atoms with Crippen molar-refractivity contribution in [1.82, 2.24) is 20.8 Å². The number of amides is 3. The van der Waals surface area contributed by atoms with Gasteiger partial charge >= 0.3 is 6.03 Å². The summed E-state index contributed by atoms with van der Waals surface area (Å²) < 4.78 is 5.40. The summed E-state index contributed by atoms with van der Waals surface area (Å²) in [7, 11) is 0. The molecule has 0 spiro atoms. The summed E-state index contributed by atoms with van der Waals surface area (Å²) in [5.41, 5.74) is -0.386. The molecular weight excluding hydrogens is 280 g/mol. The smallest absolute Gasteiger partial charge is 0.321 e. The molecule has 2 rings (SSSR count). The molecular formula is C12H18N4O3S. The quantitative estimate of drug-likeness (QED) is 0.821. The van der Waals surface area contributed by atoms with Gasteiger partial charge in [0, 0.05) is 11.5 Å². The fourth-order valence-electron chi connectivity index (χ4n) is 1.44. The zero-order chi connectivity index (χ0) is 14.8. The summed E-state index contributed by atoms with van der Waals surface area (Å²) in [6.45, 7) is 5.51. The fraction of sp³-hybridized carbons (Fsp3) is 0.667. The van der Waals surface area contributed by atoms with Crippen LogP contribution in [0.2, 0.25) is 0 Å². The molecule has 1 fully saturated rings.